The van der Waals surface area contributed by atoms with Gasteiger partial charge in [-0.1, -0.05) is 47.7 Å². The van der Waals surface area contributed by atoms with Gasteiger partial charge in [0.1, 0.15) is 5.25 Å². The highest BCUT2D eigenvalue weighted by atomic mass is 32.2. The van der Waals surface area contributed by atoms with Gasteiger partial charge in [-0.05, 0) is 63.3 Å². The minimum Gasteiger partial charge on any atom is -0.352 e. The lowest BCUT2D eigenvalue weighted by atomic mass is 10.0. The third-order valence-corrected chi connectivity index (χ3v) is 7.57. The summed E-state index contributed by atoms with van der Waals surface area (Å²) in [4.78, 5) is 44.1. The standard InChI is InChI=1S/C27H32N4O3S/c1-4-31(5-2)27-30-26(34)22(35-27)16-23(32)28-21-8-6-7-20(15-21)25(33)29-24(19-13-14-19)18-11-9-17(3)10-12-18/h6-12,15,19,22,24H,4-5,13-14,16H2,1-3H3,(H,28,32)(H,29,33)/t22-,24+/m0/s1. The largest absolute Gasteiger partial charge is 0.352 e. The van der Waals surface area contributed by atoms with Gasteiger partial charge in [0.05, 0.1) is 6.04 Å². The van der Waals surface area contributed by atoms with Crippen molar-refractivity contribution in [3.8, 4) is 0 Å². The molecular weight excluding hydrogens is 460 g/mol. The van der Waals surface area contributed by atoms with Crippen LogP contribution in [0.15, 0.2) is 53.5 Å². The highest BCUT2D eigenvalue weighted by Crippen LogP contribution is 2.41. The number of rotatable bonds is 9. The third kappa shape index (κ3) is 6.31. The monoisotopic (exact) mass is 492 g/mol. The lowest BCUT2D eigenvalue weighted by Gasteiger charge is -2.20. The highest BCUT2D eigenvalue weighted by Gasteiger charge is 2.34. The Labute approximate surface area is 210 Å². The Kier molecular flexibility index (Phi) is 7.90. The van der Waals surface area contributed by atoms with E-state index < -0.39 is 5.25 Å². The van der Waals surface area contributed by atoms with Crippen LogP contribution in [0.4, 0.5) is 5.69 Å². The van der Waals surface area contributed by atoms with E-state index >= 15 is 0 Å². The van der Waals surface area contributed by atoms with Gasteiger partial charge in [-0.2, -0.15) is 4.99 Å². The molecule has 1 aliphatic heterocycles. The number of hydrogen-bond acceptors (Lipinski definition) is 5. The molecule has 7 nitrogen and oxygen atoms in total. The Morgan fingerprint density at radius 2 is 1.83 bits per heavy atom. The number of amidine groups is 1. The van der Waals surface area contributed by atoms with Crippen LogP contribution < -0.4 is 10.6 Å². The Morgan fingerprint density at radius 1 is 1.11 bits per heavy atom. The number of hydrogen-bond donors (Lipinski definition) is 2. The topological polar surface area (TPSA) is 90.9 Å². The van der Waals surface area contributed by atoms with Gasteiger partial charge in [0.15, 0.2) is 5.17 Å². The maximum atomic E-state index is 13.1. The summed E-state index contributed by atoms with van der Waals surface area (Å²) >= 11 is 1.34. The van der Waals surface area contributed by atoms with Crippen molar-refractivity contribution in [1.29, 1.82) is 0 Å². The Morgan fingerprint density at radius 3 is 2.49 bits per heavy atom. The zero-order valence-corrected chi connectivity index (χ0v) is 21.2. The average molecular weight is 493 g/mol. The second-order valence-corrected chi connectivity index (χ2v) is 10.2. The highest BCUT2D eigenvalue weighted by molar-refractivity contribution is 8.15. The van der Waals surface area contributed by atoms with Crippen molar-refractivity contribution in [2.45, 2.75) is 51.3 Å². The van der Waals surface area contributed by atoms with Crippen LogP contribution in [0.3, 0.4) is 0 Å². The van der Waals surface area contributed by atoms with Crippen LogP contribution in [0.1, 0.15) is 60.6 Å². The number of aryl methyl sites for hydroxylation is 1. The van der Waals surface area contributed by atoms with E-state index in [1.165, 1.54) is 17.3 Å². The van der Waals surface area contributed by atoms with E-state index in [0.29, 0.717) is 22.3 Å². The summed E-state index contributed by atoms with van der Waals surface area (Å²) in [6.07, 6.45) is 2.24. The molecule has 2 aromatic rings. The number of aliphatic imine (C=N–C) groups is 1. The molecule has 0 bridgehead atoms. The maximum absolute atomic E-state index is 13.1. The fraction of sp³-hybridized carbons (Fsp3) is 0.407. The molecule has 2 atom stereocenters. The predicted molar refractivity (Wildman–Crippen MR) is 141 cm³/mol. The van der Waals surface area contributed by atoms with Gasteiger partial charge in [-0.15, -0.1) is 0 Å². The molecule has 0 radical (unpaired) electrons. The molecule has 3 amide bonds. The molecule has 8 heteroatoms. The molecule has 1 heterocycles. The van der Waals surface area contributed by atoms with E-state index in [2.05, 4.69) is 39.9 Å². The van der Waals surface area contributed by atoms with Gasteiger partial charge in [0.25, 0.3) is 11.8 Å². The molecule has 35 heavy (non-hydrogen) atoms. The first-order chi connectivity index (χ1) is 16.9. The van der Waals surface area contributed by atoms with E-state index in [1.54, 1.807) is 24.3 Å². The van der Waals surface area contributed by atoms with E-state index in [9.17, 15) is 14.4 Å². The number of benzene rings is 2. The van der Waals surface area contributed by atoms with Crippen molar-refractivity contribution in [2.24, 2.45) is 10.9 Å². The second kappa shape index (κ2) is 11.1. The predicted octanol–water partition coefficient (Wildman–Crippen LogP) is 4.54. The average Bonchev–Trinajstić information content (AvgIpc) is 3.63. The van der Waals surface area contributed by atoms with Crippen LogP contribution in [-0.4, -0.2) is 46.1 Å². The van der Waals surface area contributed by atoms with Crippen molar-refractivity contribution in [3.63, 3.8) is 0 Å². The van der Waals surface area contributed by atoms with Crippen molar-refractivity contribution >= 4 is 40.3 Å². The SMILES string of the molecule is CCN(CC)C1=NC(=O)[C@H](CC(=O)Nc2cccc(C(=O)N[C@H](c3ccc(C)cc3)C3CC3)c2)S1. The lowest BCUT2D eigenvalue weighted by molar-refractivity contribution is -0.121. The second-order valence-electron chi connectivity index (χ2n) is 9.04. The van der Waals surface area contributed by atoms with E-state index in [-0.39, 0.29) is 30.2 Å². The summed E-state index contributed by atoms with van der Waals surface area (Å²) in [6.45, 7) is 7.58. The van der Waals surface area contributed by atoms with Gasteiger partial charge in [-0.3, -0.25) is 14.4 Å². The minimum absolute atomic E-state index is 0.0215. The number of anilines is 1. The van der Waals surface area contributed by atoms with Crippen molar-refractivity contribution < 1.29 is 14.4 Å². The molecular formula is C27H32N4O3S. The van der Waals surface area contributed by atoms with Crippen LogP contribution >= 0.6 is 11.8 Å². The molecule has 0 saturated heterocycles. The maximum Gasteiger partial charge on any atom is 0.262 e. The van der Waals surface area contributed by atoms with Gasteiger partial charge < -0.3 is 15.5 Å². The fourth-order valence-electron chi connectivity index (χ4n) is 4.16. The van der Waals surface area contributed by atoms with Crippen LogP contribution in [0.5, 0.6) is 0 Å². The van der Waals surface area contributed by atoms with Crippen LogP contribution in [0.25, 0.3) is 0 Å². The molecule has 0 unspecified atom stereocenters. The number of thioether (sulfide) groups is 1. The first-order valence-corrected chi connectivity index (χ1v) is 13.1. The fourth-order valence-corrected chi connectivity index (χ4v) is 5.35. The van der Waals surface area contributed by atoms with Crippen molar-refractivity contribution in [2.75, 3.05) is 18.4 Å². The van der Waals surface area contributed by atoms with E-state index in [1.807, 2.05) is 25.7 Å². The van der Waals surface area contributed by atoms with Crippen LogP contribution in [0.2, 0.25) is 0 Å². The molecule has 1 saturated carbocycles. The molecule has 4 rings (SSSR count). The van der Waals surface area contributed by atoms with Gasteiger partial charge >= 0.3 is 0 Å². The third-order valence-electron chi connectivity index (χ3n) is 6.36. The first kappa shape index (κ1) is 25.0. The number of nitrogens with zero attached hydrogens (tertiary/aromatic N) is 2. The summed E-state index contributed by atoms with van der Waals surface area (Å²) in [5.41, 5.74) is 3.31. The molecule has 184 valence electrons. The molecule has 0 aromatic heterocycles. The molecule has 1 fully saturated rings. The summed E-state index contributed by atoms with van der Waals surface area (Å²) in [7, 11) is 0. The van der Waals surface area contributed by atoms with Gasteiger partial charge in [0, 0.05) is 30.8 Å². The number of amides is 3. The quantitative estimate of drug-likeness (QED) is 0.536. The van der Waals surface area contributed by atoms with Crippen LogP contribution in [0, 0.1) is 12.8 Å². The van der Waals surface area contributed by atoms with Crippen molar-refractivity contribution in [3.05, 3.63) is 65.2 Å². The number of nitrogens with one attached hydrogen (secondary N) is 2. The van der Waals surface area contributed by atoms with Gasteiger partial charge in [-0.25, -0.2) is 0 Å². The van der Waals surface area contributed by atoms with Gasteiger partial charge in [0.2, 0.25) is 5.91 Å². The molecule has 2 aliphatic rings. The van der Waals surface area contributed by atoms with E-state index in [4.69, 9.17) is 0 Å². The van der Waals surface area contributed by atoms with E-state index in [0.717, 1.165) is 31.5 Å². The minimum atomic E-state index is -0.522. The smallest absolute Gasteiger partial charge is 0.262 e. The molecule has 0 spiro atoms. The number of carbonyl (C=O) groups is 3. The summed E-state index contributed by atoms with van der Waals surface area (Å²) < 4.78 is 0. The molecule has 2 N–H and O–H groups in total. The lowest BCUT2D eigenvalue weighted by Crippen LogP contribution is -2.30. The zero-order valence-electron chi connectivity index (χ0n) is 20.4. The summed E-state index contributed by atoms with van der Waals surface area (Å²) in [5, 5.41) is 6.17. The Bertz CT molecular complexity index is 1120. The van der Waals surface area contributed by atoms with Crippen LogP contribution in [-0.2, 0) is 9.59 Å². The normalized spacial score (nSPS) is 18.1. The summed E-state index contributed by atoms with van der Waals surface area (Å²) in [5.74, 6) is -0.269. The molecule has 1 aliphatic carbocycles. The Hall–Kier alpha value is -3.13. The Balaban J connectivity index is 1.36. The zero-order chi connectivity index (χ0) is 24.9. The van der Waals surface area contributed by atoms with Crippen molar-refractivity contribution in [1.82, 2.24) is 10.2 Å². The first-order valence-electron chi connectivity index (χ1n) is 12.2. The molecule has 2 aromatic carbocycles. The summed E-state index contributed by atoms with van der Waals surface area (Å²) in [6, 6.07) is 15.2. The number of carbonyl (C=O) groups excluding carboxylic acids is 3.